The Hall–Kier alpha value is -2.21. The molecular weight excluding hydrogens is 295 g/mol. The predicted octanol–water partition coefficient (Wildman–Crippen LogP) is 2.18. The van der Waals surface area contributed by atoms with Gasteiger partial charge in [-0.05, 0) is 38.5 Å². The second kappa shape index (κ2) is 5.77. The van der Waals surface area contributed by atoms with Crippen molar-refractivity contribution in [3.63, 3.8) is 0 Å². The molecule has 0 saturated heterocycles. The summed E-state index contributed by atoms with van der Waals surface area (Å²) in [4.78, 5) is 14.4. The third kappa shape index (κ3) is 2.34. The lowest BCUT2D eigenvalue weighted by Gasteiger charge is -2.36. The van der Waals surface area contributed by atoms with Gasteiger partial charge in [0.05, 0.1) is 11.7 Å². The topological polar surface area (TPSA) is 64.2 Å². The molecule has 1 aliphatic heterocycles. The number of likely N-dealkylation sites (N-methyl/N-ethyl adjacent to an activating group) is 1. The Balaban J connectivity index is 2.23. The third-order valence-corrected chi connectivity index (χ3v) is 4.47. The minimum atomic E-state index is -0.693. The molecule has 0 unspecified atom stereocenters. The summed E-state index contributed by atoms with van der Waals surface area (Å²) in [6.45, 7) is 7.06. The Morgan fingerprint density at radius 1 is 1.22 bits per heavy atom. The van der Waals surface area contributed by atoms with E-state index >= 15 is 0 Å². The number of aromatic nitrogens is 2. The maximum absolute atomic E-state index is 13.3. The SMILES string of the molecule is CCN1C(=O)[C@@H](N)[C@@H](c2ccc(F)cc2)c2c(C)nn(CC)c21. The van der Waals surface area contributed by atoms with E-state index in [-0.39, 0.29) is 17.6 Å². The Bertz CT molecular complexity index is 738. The number of carbonyl (C=O) groups excluding carboxylic acids is 1. The van der Waals surface area contributed by atoms with E-state index in [1.54, 1.807) is 17.0 Å². The Labute approximate surface area is 134 Å². The molecule has 2 heterocycles. The number of carbonyl (C=O) groups is 1. The van der Waals surface area contributed by atoms with Crippen LogP contribution >= 0.6 is 0 Å². The van der Waals surface area contributed by atoms with Gasteiger partial charge in [0.1, 0.15) is 11.6 Å². The Morgan fingerprint density at radius 2 is 1.87 bits per heavy atom. The molecule has 3 rings (SSSR count). The highest BCUT2D eigenvalue weighted by Gasteiger charge is 2.42. The first-order valence-electron chi connectivity index (χ1n) is 7.89. The van der Waals surface area contributed by atoms with Crippen LogP contribution in [0.3, 0.4) is 0 Å². The van der Waals surface area contributed by atoms with Crippen LogP contribution in [0.4, 0.5) is 10.2 Å². The summed E-state index contributed by atoms with van der Waals surface area (Å²) >= 11 is 0. The second-order valence-electron chi connectivity index (χ2n) is 5.78. The van der Waals surface area contributed by atoms with Crippen molar-refractivity contribution in [1.82, 2.24) is 9.78 Å². The van der Waals surface area contributed by atoms with E-state index in [2.05, 4.69) is 5.10 Å². The average Bonchev–Trinajstić information content (AvgIpc) is 2.87. The van der Waals surface area contributed by atoms with E-state index in [0.717, 1.165) is 22.6 Å². The first-order chi connectivity index (χ1) is 11.0. The summed E-state index contributed by atoms with van der Waals surface area (Å²) in [5.41, 5.74) is 8.93. The zero-order valence-electron chi connectivity index (χ0n) is 13.6. The van der Waals surface area contributed by atoms with Crippen LogP contribution in [0.15, 0.2) is 24.3 Å². The normalized spacial score (nSPS) is 20.7. The number of hydrogen-bond donors (Lipinski definition) is 1. The largest absolute Gasteiger partial charge is 0.319 e. The molecule has 0 spiro atoms. The minimum absolute atomic E-state index is 0.121. The van der Waals surface area contributed by atoms with Gasteiger partial charge in [-0.15, -0.1) is 0 Å². The number of hydrogen-bond acceptors (Lipinski definition) is 3. The van der Waals surface area contributed by atoms with Crippen molar-refractivity contribution >= 4 is 11.7 Å². The molecule has 1 aliphatic rings. The fraction of sp³-hybridized carbons (Fsp3) is 0.412. The maximum Gasteiger partial charge on any atom is 0.246 e. The highest BCUT2D eigenvalue weighted by molar-refractivity contribution is 6.01. The van der Waals surface area contributed by atoms with Crippen LogP contribution in [0.5, 0.6) is 0 Å². The fourth-order valence-electron chi connectivity index (χ4n) is 3.41. The smallest absolute Gasteiger partial charge is 0.246 e. The van der Waals surface area contributed by atoms with Gasteiger partial charge in [-0.2, -0.15) is 5.10 Å². The quantitative estimate of drug-likeness (QED) is 0.944. The van der Waals surface area contributed by atoms with Crippen molar-refractivity contribution in [3.8, 4) is 0 Å². The number of rotatable bonds is 3. The van der Waals surface area contributed by atoms with Crippen LogP contribution in [0.25, 0.3) is 0 Å². The molecular formula is C17H21FN4O. The van der Waals surface area contributed by atoms with Gasteiger partial charge < -0.3 is 5.73 Å². The zero-order valence-corrected chi connectivity index (χ0v) is 13.6. The second-order valence-corrected chi connectivity index (χ2v) is 5.78. The average molecular weight is 316 g/mol. The molecule has 1 amide bonds. The van der Waals surface area contributed by atoms with Gasteiger partial charge in [-0.3, -0.25) is 9.69 Å². The Kier molecular flexibility index (Phi) is 3.93. The maximum atomic E-state index is 13.3. The summed E-state index contributed by atoms with van der Waals surface area (Å²) in [5, 5.41) is 4.56. The van der Waals surface area contributed by atoms with Crippen molar-refractivity contribution in [2.75, 3.05) is 11.4 Å². The summed E-state index contributed by atoms with van der Waals surface area (Å²) in [6, 6.07) is 5.50. The first-order valence-corrected chi connectivity index (χ1v) is 7.89. The molecule has 0 fully saturated rings. The van der Waals surface area contributed by atoms with Crippen molar-refractivity contribution < 1.29 is 9.18 Å². The van der Waals surface area contributed by atoms with Gasteiger partial charge in [0, 0.05) is 24.6 Å². The van der Waals surface area contributed by atoms with E-state index < -0.39 is 6.04 Å². The number of aryl methyl sites for hydroxylation is 2. The number of anilines is 1. The number of nitrogens with two attached hydrogens (primary N) is 1. The van der Waals surface area contributed by atoms with Gasteiger partial charge in [-0.25, -0.2) is 9.07 Å². The van der Waals surface area contributed by atoms with Crippen molar-refractivity contribution in [3.05, 3.63) is 46.9 Å². The highest BCUT2D eigenvalue weighted by atomic mass is 19.1. The molecule has 0 aliphatic carbocycles. The van der Waals surface area contributed by atoms with Gasteiger partial charge in [0.25, 0.3) is 0 Å². The van der Waals surface area contributed by atoms with Gasteiger partial charge >= 0.3 is 0 Å². The zero-order chi connectivity index (χ0) is 16.7. The van der Waals surface area contributed by atoms with Crippen LogP contribution in [-0.4, -0.2) is 28.3 Å². The molecule has 0 bridgehead atoms. The van der Waals surface area contributed by atoms with E-state index in [1.807, 2.05) is 25.5 Å². The predicted molar refractivity (Wildman–Crippen MR) is 86.9 cm³/mol. The van der Waals surface area contributed by atoms with Crippen molar-refractivity contribution in [2.45, 2.75) is 39.3 Å². The van der Waals surface area contributed by atoms with Gasteiger partial charge in [0.2, 0.25) is 5.91 Å². The third-order valence-electron chi connectivity index (χ3n) is 4.47. The van der Waals surface area contributed by atoms with Crippen molar-refractivity contribution in [2.24, 2.45) is 5.73 Å². The van der Waals surface area contributed by atoms with E-state index in [1.165, 1.54) is 12.1 Å². The lowest BCUT2D eigenvalue weighted by atomic mass is 9.81. The molecule has 2 N–H and O–H groups in total. The molecule has 1 aromatic carbocycles. The summed E-state index contributed by atoms with van der Waals surface area (Å²) in [7, 11) is 0. The summed E-state index contributed by atoms with van der Waals surface area (Å²) < 4.78 is 15.1. The standard InChI is InChI=1S/C17H21FN4O/c1-4-21-16-13(10(3)20-22(16)5-2)14(15(19)17(21)23)11-6-8-12(18)9-7-11/h6-9,14-15H,4-5,19H2,1-3H3/t14-,15-/m0/s1. The van der Waals surface area contributed by atoms with E-state index in [4.69, 9.17) is 5.73 Å². The first kappa shape index (κ1) is 15.7. The monoisotopic (exact) mass is 316 g/mol. The van der Waals surface area contributed by atoms with E-state index in [9.17, 15) is 9.18 Å². The van der Waals surface area contributed by atoms with Gasteiger partial charge in [-0.1, -0.05) is 12.1 Å². The molecule has 2 aromatic rings. The Morgan fingerprint density at radius 3 is 2.43 bits per heavy atom. The lowest BCUT2D eigenvalue weighted by molar-refractivity contribution is -0.120. The molecule has 2 atom stereocenters. The van der Waals surface area contributed by atoms with Crippen LogP contribution < -0.4 is 10.6 Å². The number of halogens is 1. The summed E-state index contributed by atoms with van der Waals surface area (Å²) in [6.07, 6.45) is 0. The van der Waals surface area contributed by atoms with Crippen LogP contribution in [-0.2, 0) is 11.3 Å². The van der Waals surface area contributed by atoms with E-state index in [0.29, 0.717) is 13.1 Å². The lowest BCUT2D eigenvalue weighted by Crippen LogP contribution is -2.52. The van der Waals surface area contributed by atoms with Crippen LogP contribution in [0, 0.1) is 12.7 Å². The van der Waals surface area contributed by atoms with Gasteiger partial charge in [0.15, 0.2) is 0 Å². The number of fused-ring (bicyclic) bond motifs is 1. The molecule has 122 valence electrons. The highest BCUT2D eigenvalue weighted by Crippen LogP contribution is 2.41. The minimum Gasteiger partial charge on any atom is -0.319 e. The molecule has 5 nitrogen and oxygen atoms in total. The van der Waals surface area contributed by atoms with Crippen molar-refractivity contribution in [1.29, 1.82) is 0 Å². The van der Waals surface area contributed by atoms with Crippen LogP contribution in [0.1, 0.15) is 36.6 Å². The van der Waals surface area contributed by atoms with Crippen LogP contribution in [0.2, 0.25) is 0 Å². The summed E-state index contributed by atoms with van der Waals surface area (Å²) in [5.74, 6) is 0.0829. The molecule has 0 radical (unpaired) electrons. The molecule has 0 saturated carbocycles. The number of nitrogens with zero attached hydrogens (tertiary/aromatic N) is 3. The fourth-order valence-corrected chi connectivity index (χ4v) is 3.41. The molecule has 23 heavy (non-hydrogen) atoms. The molecule has 6 heteroatoms. The molecule has 1 aromatic heterocycles. The number of benzene rings is 1. The number of amides is 1.